The van der Waals surface area contributed by atoms with Crippen LogP contribution in [0.1, 0.15) is 18.4 Å². The summed E-state index contributed by atoms with van der Waals surface area (Å²) in [5.74, 6) is 0.985. The van der Waals surface area contributed by atoms with Crippen LogP contribution < -0.4 is 4.90 Å². The number of rotatable bonds is 5. The average molecular weight is 360 g/mol. The number of aliphatic hydroxyl groups excluding tert-OH is 1. The van der Waals surface area contributed by atoms with Crippen LogP contribution >= 0.6 is 0 Å². The molecule has 0 amide bonds. The lowest BCUT2D eigenvalue weighted by Crippen LogP contribution is -2.39. The van der Waals surface area contributed by atoms with Crippen molar-refractivity contribution in [2.45, 2.75) is 25.4 Å². The lowest BCUT2D eigenvalue weighted by atomic mass is 9.88. The van der Waals surface area contributed by atoms with Gasteiger partial charge in [0.25, 0.3) is 0 Å². The molecule has 1 aromatic heterocycles. The molecule has 0 radical (unpaired) electrons. The zero-order valence-corrected chi connectivity index (χ0v) is 15.3. The summed E-state index contributed by atoms with van der Waals surface area (Å²) in [6, 6.07) is 20.2. The predicted molar refractivity (Wildman–Crippen MR) is 106 cm³/mol. The smallest absolute Gasteiger partial charge is 0.245 e. The van der Waals surface area contributed by atoms with Crippen LogP contribution in [0.3, 0.4) is 0 Å². The molecule has 1 atom stereocenters. The molecular formula is C22H24N4O. The van der Waals surface area contributed by atoms with E-state index in [0.717, 1.165) is 37.2 Å². The fraction of sp³-hybridized carbons (Fsp3) is 0.318. The number of anilines is 1. The molecular weight excluding hydrogens is 336 g/mol. The number of aromatic nitrogens is 3. The first-order chi connectivity index (χ1) is 13.3. The Bertz CT molecular complexity index is 848. The van der Waals surface area contributed by atoms with Gasteiger partial charge in [0.05, 0.1) is 18.0 Å². The number of aliphatic hydroxyl groups is 1. The summed E-state index contributed by atoms with van der Waals surface area (Å²) in [7, 11) is 0. The molecule has 1 aliphatic rings. The van der Waals surface area contributed by atoms with Crippen molar-refractivity contribution >= 4 is 5.95 Å². The summed E-state index contributed by atoms with van der Waals surface area (Å²) in [4.78, 5) is 6.87. The van der Waals surface area contributed by atoms with Gasteiger partial charge in [0, 0.05) is 18.7 Å². The summed E-state index contributed by atoms with van der Waals surface area (Å²) in [6.45, 7) is 1.69. The van der Waals surface area contributed by atoms with E-state index in [1.165, 1.54) is 5.56 Å². The van der Waals surface area contributed by atoms with Crippen molar-refractivity contribution in [1.29, 1.82) is 0 Å². The molecule has 2 heterocycles. The maximum absolute atomic E-state index is 10.6. The third-order valence-corrected chi connectivity index (χ3v) is 5.27. The van der Waals surface area contributed by atoms with Crippen molar-refractivity contribution < 1.29 is 5.11 Å². The maximum atomic E-state index is 10.6. The second kappa shape index (κ2) is 8.27. The standard InChI is InChI=1S/C22H24N4O/c27-21(15-17-7-3-1-4-8-17)19-11-13-26(14-12-19)22-24-20(16-23-25-22)18-9-5-2-6-10-18/h1-10,16,19,21,27H,11-15H2. The maximum Gasteiger partial charge on any atom is 0.245 e. The Morgan fingerprint density at radius 2 is 1.63 bits per heavy atom. The Hall–Kier alpha value is -2.79. The van der Waals surface area contributed by atoms with Gasteiger partial charge >= 0.3 is 0 Å². The van der Waals surface area contributed by atoms with E-state index in [4.69, 9.17) is 4.98 Å². The molecule has 0 bridgehead atoms. The van der Waals surface area contributed by atoms with Gasteiger partial charge in [-0.25, -0.2) is 4.98 Å². The van der Waals surface area contributed by atoms with Gasteiger partial charge in [0.2, 0.25) is 5.95 Å². The normalized spacial score (nSPS) is 16.3. The van der Waals surface area contributed by atoms with E-state index in [2.05, 4.69) is 27.2 Å². The van der Waals surface area contributed by atoms with Gasteiger partial charge in [-0.2, -0.15) is 5.10 Å². The fourth-order valence-electron chi connectivity index (χ4n) is 3.68. The molecule has 4 rings (SSSR count). The molecule has 1 aliphatic heterocycles. The second-order valence-corrected chi connectivity index (χ2v) is 7.09. The highest BCUT2D eigenvalue weighted by atomic mass is 16.3. The van der Waals surface area contributed by atoms with Crippen molar-refractivity contribution in [2.24, 2.45) is 5.92 Å². The number of benzene rings is 2. The van der Waals surface area contributed by atoms with E-state index in [-0.39, 0.29) is 6.10 Å². The summed E-state index contributed by atoms with van der Waals surface area (Å²) >= 11 is 0. The van der Waals surface area contributed by atoms with Gasteiger partial charge in [0.15, 0.2) is 0 Å². The Morgan fingerprint density at radius 3 is 2.33 bits per heavy atom. The monoisotopic (exact) mass is 360 g/mol. The van der Waals surface area contributed by atoms with Crippen LogP contribution in [0.2, 0.25) is 0 Å². The molecule has 27 heavy (non-hydrogen) atoms. The highest BCUT2D eigenvalue weighted by molar-refractivity contribution is 5.58. The third-order valence-electron chi connectivity index (χ3n) is 5.27. The minimum absolute atomic E-state index is 0.302. The lowest BCUT2D eigenvalue weighted by molar-refractivity contribution is 0.0927. The molecule has 5 heteroatoms. The molecule has 0 spiro atoms. The lowest BCUT2D eigenvalue weighted by Gasteiger charge is -2.34. The van der Waals surface area contributed by atoms with Crippen LogP contribution in [0.5, 0.6) is 0 Å². The molecule has 1 saturated heterocycles. The van der Waals surface area contributed by atoms with E-state index in [0.29, 0.717) is 18.3 Å². The molecule has 138 valence electrons. The van der Waals surface area contributed by atoms with Crippen LogP contribution in [-0.4, -0.2) is 39.5 Å². The molecule has 1 fully saturated rings. The molecule has 0 aliphatic carbocycles. The van der Waals surface area contributed by atoms with Crippen molar-refractivity contribution in [1.82, 2.24) is 15.2 Å². The minimum Gasteiger partial charge on any atom is -0.392 e. The average Bonchev–Trinajstić information content (AvgIpc) is 2.75. The zero-order valence-electron chi connectivity index (χ0n) is 15.3. The summed E-state index contributed by atoms with van der Waals surface area (Å²) < 4.78 is 0. The predicted octanol–water partition coefficient (Wildman–Crippen LogP) is 3.36. The van der Waals surface area contributed by atoms with Crippen LogP contribution in [0.25, 0.3) is 11.3 Å². The van der Waals surface area contributed by atoms with Crippen LogP contribution in [0.15, 0.2) is 66.9 Å². The first kappa shape index (κ1) is 17.6. The Morgan fingerprint density at radius 1 is 0.963 bits per heavy atom. The Kier molecular flexibility index (Phi) is 5.39. The quantitative estimate of drug-likeness (QED) is 0.756. The molecule has 3 aromatic rings. The number of hydrogen-bond acceptors (Lipinski definition) is 5. The molecule has 0 saturated carbocycles. The van der Waals surface area contributed by atoms with Crippen LogP contribution in [0, 0.1) is 5.92 Å². The molecule has 1 unspecified atom stereocenters. The Labute approximate surface area is 159 Å². The van der Waals surface area contributed by atoms with Gasteiger partial charge in [-0.1, -0.05) is 60.7 Å². The number of nitrogens with zero attached hydrogens (tertiary/aromatic N) is 4. The van der Waals surface area contributed by atoms with Crippen molar-refractivity contribution in [3.8, 4) is 11.3 Å². The van der Waals surface area contributed by atoms with Crippen molar-refractivity contribution in [3.05, 3.63) is 72.4 Å². The topological polar surface area (TPSA) is 62.1 Å². The summed E-state index contributed by atoms with van der Waals surface area (Å²) in [6.07, 6.45) is 3.99. The van der Waals surface area contributed by atoms with Gasteiger partial charge < -0.3 is 10.0 Å². The number of hydrogen-bond donors (Lipinski definition) is 1. The SMILES string of the molecule is OC(Cc1ccccc1)C1CCN(c2nncc(-c3ccccc3)n2)CC1. The summed E-state index contributed by atoms with van der Waals surface area (Å²) in [5.41, 5.74) is 3.07. The van der Waals surface area contributed by atoms with Gasteiger partial charge in [-0.05, 0) is 30.7 Å². The van der Waals surface area contributed by atoms with Crippen LogP contribution in [-0.2, 0) is 6.42 Å². The van der Waals surface area contributed by atoms with Gasteiger partial charge in [-0.3, -0.25) is 0 Å². The second-order valence-electron chi connectivity index (χ2n) is 7.09. The van der Waals surface area contributed by atoms with E-state index in [1.807, 2.05) is 48.5 Å². The van der Waals surface area contributed by atoms with E-state index < -0.39 is 0 Å². The minimum atomic E-state index is -0.302. The molecule has 5 nitrogen and oxygen atoms in total. The first-order valence-electron chi connectivity index (χ1n) is 9.51. The van der Waals surface area contributed by atoms with Gasteiger partial charge in [-0.15, -0.1) is 5.10 Å². The highest BCUT2D eigenvalue weighted by Gasteiger charge is 2.26. The van der Waals surface area contributed by atoms with E-state index in [9.17, 15) is 5.11 Å². The molecule has 1 N–H and O–H groups in total. The van der Waals surface area contributed by atoms with E-state index >= 15 is 0 Å². The van der Waals surface area contributed by atoms with Crippen molar-refractivity contribution in [2.75, 3.05) is 18.0 Å². The number of piperidine rings is 1. The van der Waals surface area contributed by atoms with Crippen LogP contribution in [0.4, 0.5) is 5.95 Å². The third kappa shape index (κ3) is 4.31. The summed E-state index contributed by atoms with van der Waals surface area (Å²) in [5, 5.41) is 19.0. The van der Waals surface area contributed by atoms with E-state index in [1.54, 1.807) is 6.20 Å². The van der Waals surface area contributed by atoms with Gasteiger partial charge in [0.1, 0.15) is 0 Å². The van der Waals surface area contributed by atoms with Crippen molar-refractivity contribution in [3.63, 3.8) is 0 Å². The fourth-order valence-corrected chi connectivity index (χ4v) is 3.68. The zero-order chi connectivity index (χ0) is 18.5. The largest absolute Gasteiger partial charge is 0.392 e. The highest BCUT2D eigenvalue weighted by Crippen LogP contribution is 2.26. The Balaban J connectivity index is 1.38. The first-order valence-corrected chi connectivity index (χ1v) is 9.51. The molecule has 2 aromatic carbocycles.